The molecule has 26 atom stereocenters. The minimum atomic E-state index is -2.36. The highest BCUT2D eigenvalue weighted by atomic mass is 32.2. The SMILES string of the molecule is CSc1ccc(C2OCC3OC(OC4C(CO)OC(Oc5ccc(CC6NC(=O)C(C(C)c7ccccc7)NC(=O)CNC(=O)C(CO)NC(=O)C(C(O)C7CN=C(N)N7C7OC(CO)C(O)C(O)C7O)NC(=O)C(C(O)C7CN=C(N)N7)NC6=O)cc5)C(O)C4O)C(O)C(O)C3O2)cc1[N+](=O)[O-]. The molecule has 3 aromatic rings. The van der Waals surface area contributed by atoms with Gasteiger partial charge in [0.25, 0.3) is 5.69 Å². The first kappa shape index (κ1) is 77.5. The molecule has 3 aromatic carbocycles. The highest BCUT2D eigenvalue weighted by molar-refractivity contribution is 7.98. The number of amides is 6. The molecule has 6 amide bonds. The Morgan fingerprint density at radius 3 is 1.99 bits per heavy atom. The zero-order valence-electron chi connectivity index (χ0n) is 54.9. The number of nitrogens with two attached hydrogens (primary N) is 2. The van der Waals surface area contributed by atoms with Gasteiger partial charge in [-0.3, -0.25) is 48.9 Å². The summed E-state index contributed by atoms with van der Waals surface area (Å²) >= 11 is 1.15. The number of fused-ring (bicyclic) bond motifs is 1. The largest absolute Gasteiger partial charge is 0.462 e. The minimum absolute atomic E-state index is 0.0777. The molecule has 0 saturated carbocycles. The molecule has 0 bridgehead atoms. The average Bonchev–Trinajstić information content (AvgIpc) is 1.54. The molecule has 0 radical (unpaired) electrons. The summed E-state index contributed by atoms with van der Waals surface area (Å²) in [7, 11) is 0. The Morgan fingerprint density at radius 1 is 0.670 bits per heavy atom. The number of aliphatic hydroxyl groups is 12. The monoisotopic (exact) mass is 1470 g/mol. The molecule has 5 fully saturated rings. The fourth-order valence-corrected chi connectivity index (χ4v) is 13.4. The van der Waals surface area contributed by atoms with E-state index < -0.39 is 244 Å². The van der Waals surface area contributed by atoms with E-state index in [-0.39, 0.29) is 41.7 Å². The van der Waals surface area contributed by atoms with Gasteiger partial charge in [-0.25, -0.2) is 0 Å². The van der Waals surface area contributed by atoms with Crippen LogP contribution in [-0.4, -0.2) is 317 Å². The summed E-state index contributed by atoms with van der Waals surface area (Å²) in [6.45, 7) is -3.48. The van der Waals surface area contributed by atoms with E-state index >= 15 is 9.59 Å². The minimum Gasteiger partial charge on any atom is -0.462 e. The van der Waals surface area contributed by atoms with Crippen molar-refractivity contribution in [3.63, 3.8) is 0 Å². The van der Waals surface area contributed by atoms with Crippen LogP contribution in [0.1, 0.15) is 35.8 Å². The second-order valence-corrected chi connectivity index (χ2v) is 26.2. The molecule has 0 aliphatic carbocycles. The van der Waals surface area contributed by atoms with E-state index in [9.17, 15) is 90.6 Å². The van der Waals surface area contributed by atoms with Crippen molar-refractivity contribution in [2.45, 2.75) is 177 Å². The maximum Gasteiger partial charge on any atom is 0.283 e. The molecule has 103 heavy (non-hydrogen) atoms. The number of carbonyl (C=O) groups excluding carboxylic acids is 6. The number of nitro benzene ring substituents is 1. The molecule has 10 rings (SSSR count). The van der Waals surface area contributed by atoms with Gasteiger partial charge >= 0.3 is 0 Å². The number of guanidine groups is 2. The summed E-state index contributed by atoms with van der Waals surface area (Å²) in [6.07, 6.45) is -30.4. The molecular weight excluding hydrogens is 1390 g/mol. The lowest BCUT2D eigenvalue weighted by Crippen LogP contribution is -2.70. The second-order valence-electron chi connectivity index (χ2n) is 25.3. The Hall–Kier alpha value is -8.15. The maximum atomic E-state index is 15.2. The van der Waals surface area contributed by atoms with Crippen molar-refractivity contribution in [3.05, 3.63) is 99.6 Å². The maximum absolute atomic E-state index is 15.2. The Labute approximate surface area is 589 Å². The highest BCUT2D eigenvalue weighted by Crippen LogP contribution is 2.39. The van der Waals surface area contributed by atoms with Gasteiger partial charge in [0, 0.05) is 24.0 Å². The van der Waals surface area contributed by atoms with Crippen LogP contribution in [-0.2, 0) is 63.6 Å². The zero-order valence-corrected chi connectivity index (χ0v) is 55.8. The van der Waals surface area contributed by atoms with Crippen molar-refractivity contribution >= 4 is 64.8 Å². The number of nitrogens with one attached hydrogen (secondary N) is 7. The van der Waals surface area contributed by atoms with Crippen LogP contribution in [0.2, 0.25) is 0 Å². The lowest BCUT2D eigenvalue weighted by atomic mass is 9.92. The normalized spacial score (nSPS) is 35.9. The number of benzene rings is 3. The summed E-state index contributed by atoms with van der Waals surface area (Å²) in [5.74, 6) is -9.06. The third-order valence-electron chi connectivity index (χ3n) is 18.7. The molecule has 564 valence electrons. The molecule has 0 aromatic heterocycles. The fourth-order valence-electron chi connectivity index (χ4n) is 12.9. The predicted molar refractivity (Wildman–Crippen MR) is 348 cm³/mol. The molecular formula is C62H83N13O27S. The van der Waals surface area contributed by atoms with E-state index in [0.29, 0.717) is 10.5 Å². The van der Waals surface area contributed by atoms with Gasteiger partial charge in [0.15, 0.2) is 30.7 Å². The molecule has 26 unspecified atom stereocenters. The molecule has 0 spiro atoms. The van der Waals surface area contributed by atoms with Crippen molar-refractivity contribution in [3.8, 4) is 5.75 Å². The number of carbonyl (C=O) groups is 6. The van der Waals surface area contributed by atoms with Crippen molar-refractivity contribution < 1.29 is 128 Å². The van der Waals surface area contributed by atoms with E-state index in [1.165, 1.54) is 36.4 Å². The molecule has 41 heteroatoms. The fraction of sp³-hybridized carbons (Fsp3) is 0.581. The first-order chi connectivity index (χ1) is 49.1. The number of aliphatic imine (C=N–C) groups is 2. The number of nitro groups is 1. The average molecular weight is 1470 g/mol. The van der Waals surface area contributed by atoms with Crippen molar-refractivity contribution in [1.82, 2.24) is 42.1 Å². The van der Waals surface area contributed by atoms with Gasteiger partial charge < -0.3 is 148 Å². The quantitative estimate of drug-likeness (QED) is 0.0301. The Bertz CT molecular complexity index is 3580. The van der Waals surface area contributed by atoms with Crippen LogP contribution < -0.4 is 53.4 Å². The van der Waals surface area contributed by atoms with Gasteiger partial charge in [-0.05, 0) is 35.6 Å². The first-order valence-electron chi connectivity index (χ1n) is 32.6. The van der Waals surface area contributed by atoms with Crippen molar-refractivity contribution in [2.75, 3.05) is 52.3 Å². The van der Waals surface area contributed by atoms with Gasteiger partial charge in [0.05, 0.1) is 68.0 Å². The van der Waals surface area contributed by atoms with E-state index in [1.54, 1.807) is 49.6 Å². The lowest BCUT2D eigenvalue weighted by Gasteiger charge is -2.48. The van der Waals surface area contributed by atoms with Gasteiger partial charge in [-0.2, -0.15) is 0 Å². The molecule has 7 heterocycles. The van der Waals surface area contributed by atoms with Crippen molar-refractivity contribution in [2.24, 2.45) is 21.5 Å². The van der Waals surface area contributed by atoms with E-state index in [0.717, 1.165) is 16.7 Å². The molecule has 7 aliphatic heterocycles. The smallest absolute Gasteiger partial charge is 0.283 e. The zero-order chi connectivity index (χ0) is 74.4. The number of ether oxygens (including phenoxy) is 7. The molecule has 7 aliphatic rings. The van der Waals surface area contributed by atoms with Crippen LogP contribution in [0, 0.1) is 10.1 Å². The van der Waals surface area contributed by atoms with Gasteiger partial charge in [0.1, 0.15) is 121 Å². The Morgan fingerprint density at radius 2 is 1.33 bits per heavy atom. The first-order valence-corrected chi connectivity index (χ1v) is 33.8. The van der Waals surface area contributed by atoms with E-state index in [2.05, 4.69) is 47.2 Å². The van der Waals surface area contributed by atoms with Crippen LogP contribution >= 0.6 is 11.8 Å². The van der Waals surface area contributed by atoms with Crippen LogP contribution in [0.5, 0.6) is 5.75 Å². The van der Waals surface area contributed by atoms with Gasteiger partial charge in [-0.15, -0.1) is 11.8 Å². The number of rotatable bonds is 19. The predicted octanol–water partition coefficient (Wildman–Crippen LogP) is -10.2. The summed E-state index contributed by atoms with van der Waals surface area (Å²) in [5, 5.41) is 162. The summed E-state index contributed by atoms with van der Waals surface area (Å²) in [4.78, 5) is 108. The van der Waals surface area contributed by atoms with Crippen LogP contribution in [0.25, 0.3) is 0 Å². The number of thioether (sulfide) groups is 1. The highest BCUT2D eigenvalue weighted by Gasteiger charge is 2.55. The number of hydrogen-bond donors (Lipinski definition) is 21. The Kier molecular flexibility index (Phi) is 25.4. The third kappa shape index (κ3) is 17.2. The topological polar surface area (TPSA) is 617 Å². The standard InChI is InChI=1S/C62H83N13O27S/c1-23(25-6-4-3-5-7-25)38-54(91)68-28(14-24-8-11-27(12-9-24)97-59-48(87)45(84)50(34(21-78)99-59)102-60-49(88)46(85)51-35(100-60)22-96-58(101-51)26-10-13-36(103-2)31(15-26)75(94)95)53(90)72-39(41(80)29-16-66-61(63)70-29)56(93)73-40(55(92)69-30(19-76)52(89)65-18-37(79)71-38)42(81)32-17-67-62(64)74(32)57-47(86)44(83)43(82)33(20-77)98-57/h3-13,15,23,28-30,32-35,38-51,57-60,76-78,80-88H,14,16-22H2,1-2H3,(H2,64,67)(H,65,89)(H,68,91)(H,69,92)(H,71,79)(H,72,90)(H,73,93)(H3,63,66,70). The lowest BCUT2D eigenvalue weighted by molar-refractivity contribution is -0.389. The summed E-state index contributed by atoms with van der Waals surface area (Å²) in [6, 6.07) is 5.07. The Balaban J connectivity index is 0.896. The molecule has 40 nitrogen and oxygen atoms in total. The second kappa shape index (κ2) is 33.7. The van der Waals surface area contributed by atoms with Crippen molar-refractivity contribution in [1.29, 1.82) is 0 Å². The van der Waals surface area contributed by atoms with Crippen LogP contribution in [0.15, 0.2) is 87.7 Å². The van der Waals surface area contributed by atoms with E-state index in [4.69, 9.17) is 44.6 Å². The van der Waals surface area contributed by atoms with Gasteiger partial charge in [0.2, 0.25) is 41.7 Å². The van der Waals surface area contributed by atoms with Crippen LogP contribution in [0.3, 0.4) is 0 Å². The van der Waals surface area contributed by atoms with E-state index in [1.807, 2.05) is 0 Å². The number of nitrogens with zero attached hydrogens (tertiary/aromatic N) is 4. The number of hydrogen-bond acceptors (Lipinski definition) is 34. The molecule has 23 N–H and O–H groups in total. The molecule has 5 saturated heterocycles. The summed E-state index contributed by atoms with van der Waals surface area (Å²) < 4.78 is 41.1. The number of aliphatic hydroxyl groups excluding tert-OH is 12. The summed E-state index contributed by atoms with van der Waals surface area (Å²) in [5.41, 5.74) is 12.9. The third-order valence-corrected chi connectivity index (χ3v) is 19.5. The van der Waals surface area contributed by atoms with Gasteiger partial charge in [-0.1, -0.05) is 55.5 Å². The van der Waals surface area contributed by atoms with Crippen LogP contribution in [0.4, 0.5) is 5.69 Å².